The second kappa shape index (κ2) is 9.18. The number of aryl methyl sites for hydroxylation is 2. The summed E-state index contributed by atoms with van der Waals surface area (Å²) < 4.78 is 0. The Bertz CT molecular complexity index is 1160. The molecule has 0 saturated carbocycles. The molecular formula is C24H20ClN3O. The number of nitrogens with one attached hydrogen (secondary N) is 1. The standard InChI is InChI=1S/C24H20ClN3O/c1-16-11-20(25)9-10-22(16)24(29)28-21-6-4-5-18(12-21)7-8-19-14-27-13-17(2)23(19)15-26-3/h4-6,9-15H,1-3H3,(H,28,29). The molecule has 1 heterocycles. The molecule has 0 aliphatic rings. The van der Waals surface area contributed by atoms with Gasteiger partial charge in [-0.25, -0.2) is 0 Å². The fourth-order valence-electron chi connectivity index (χ4n) is 2.87. The number of aliphatic imine (C=N–C) groups is 1. The number of hydrogen-bond acceptors (Lipinski definition) is 3. The maximum atomic E-state index is 12.6. The first kappa shape index (κ1) is 20.3. The van der Waals surface area contributed by atoms with Gasteiger partial charge in [-0.3, -0.25) is 14.8 Å². The molecule has 1 amide bonds. The van der Waals surface area contributed by atoms with Crippen LogP contribution in [-0.4, -0.2) is 24.2 Å². The number of carbonyl (C=O) groups is 1. The van der Waals surface area contributed by atoms with Crippen molar-refractivity contribution >= 4 is 29.4 Å². The van der Waals surface area contributed by atoms with Gasteiger partial charge in [-0.05, 0) is 61.4 Å². The number of benzene rings is 2. The van der Waals surface area contributed by atoms with E-state index in [1.54, 1.807) is 43.9 Å². The topological polar surface area (TPSA) is 54.4 Å². The number of amides is 1. The van der Waals surface area contributed by atoms with E-state index in [-0.39, 0.29) is 5.91 Å². The van der Waals surface area contributed by atoms with Crippen LogP contribution in [0.25, 0.3) is 0 Å². The smallest absolute Gasteiger partial charge is 0.255 e. The molecule has 0 fully saturated rings. The van der Waals surface area contributed by atoms with E-state index in [2.05, 4.69) is 27.1 Å². The zero-order valence-electron chi connectivity index (χ0n) is 16.5. The number of pyridine rings is 1. The summed E-state index contributed by atoms with van der Waals surface area (Å²) in [5, 5.41) is 3.52. The van der Waals surface area contributed by atoms with Crippen molar-refractivity contribution in [3.05, 3.63) is 93.3 Å². The number of hydrogen-bond donors (Lipinski definition) is 1. The first-order valence-electron chi connectivity index (χ1n) is 9.04. The third kappa shape index (κ3) is 5.10. The average molecular weight is 402 g/mol. The summed E-state index contributed by atoms with van der Waals surface area (Å²) in [5.41, 5.74) is 5.65. The molecule has 0 aliphatic carbocycles. The van der Waals surface area contributed by atoms with Crippen LogP contribution in [0, 0.1) is 25.7 Å². The lowest BCUT2D eigenvalue weighted by molar-refractivity contribution is 0.102. The van der Waals surface area contributed by atoms with E-state index in [1.807, 2.05) is 38.1 Å². The fourth-order valence-corrected chi connectivity index (χ4v) is 3.10. The first-order valence-corrected chi connectivity index (χ1v) is 9.42. The molecule has 0 unspecified atom stereocenters. The number of rotatable bonds is 3. The van der Waals surface area contributed by atoms with Crippen molar-refractivity contribution in [2.45, 2.75) is 13.8 Å². The minimum atomic E-state index is -0.186. The summed E-state index contributed by atoms with van der Waals surface area (Å²) in [7, 11) is 1.73. The van der Waals surface area contributed by atoms with Crippen molar-refractivity contribution in [1.29, 1.82) is 0 Å². The molecule has 0 bridgehead atoms. The minimum absolute atomic E-state index is 0.186. The summed E-state index contributed by atoms with van der Waals surface area (Å²) in [5.74, 6) is 6.10. The van der Waals surface area contributed by atoms with Crippen LogP contribution in [0.3, 0.4) is 0 Å². The van der Waals surface area contributed by atoms with Crippen LogP contribution in [0.15, 0.2) is 59.9 Å². The molecule has 0 spiro atoms. The molecule has 5 heteroatoms. The highest BCUT2D eigenvalue weighted by atomic mass is 35.5. The van der Waals surface area contributed by atoms with Crippen LogP contribution in [-0.2, 0) is 0 Å². The molecule has 1 aromatic heterocycles. The number of nitrogens with zero attached hydrogens (tertiary/aromatic N) is 2. The Hall–Kier alpha value is -3.42. The molecule has 2 aromatic carbocycles. The van der Waals surface area contributed by atoms with Crippen LogP contribution in [0.2, 0.25) is 5.02 Å². The highest BCUT2D eigenvalue weighted by Gasteiger charge is 2.09. The molecule has 3 rings (SSSR count). The van der Waals surface area contributed by atoms with Crippen molar-refractivity contribution in [2.75, 3.05) is 12.4 Å². The Morgan fingerprint density at radius 1 is 1.10 bits per heavy atom. The zero-order valence-corrected chi connectivity index (χ0v) is 17.2. The first-order chi connectivity index (χ1) is 14.0. The third-order valence-electron chi connectivity index (χ3n) is 4.34. The maximum Gasteiger partial charge on any atom is 0.255 e. The minimum Gasteiger partial charge on any atom is -0.322 e. The Morgan fingerprint density at radius 3 is 2.69 bits per heavy atom. The van der Waals surface area contributed by atoms with E-state index in [0.29, 0.717) is 16.3 Å². The summed E-state index contributed by atoms with van der Waals surface area (Å²) in [4.78, 5) is 20.9. The highest BCUT2D eigenvalue weighted by molar-refractivity contribution is 6.30. The van der Waals surface area contributed by atoms with Gasteiger partial charge in [0.2, 0.25) is 0 Å². The lowest BCUT2D eigenvalue weighted by Gasteiger charge is -2.08. The number of halogens is 1. The molecule has 0 radical (unpaired) electrons. The molecular weight excluding hydrogens is 382 g/mol. The van der Waals surface area contributed by atoms with Crippen molar-refractivity contribution < 1.29 is 4.79 Å². The van der Waals surface area contributed by atoms with E-state index in [9.17, 15) is 4.79 Å². The summed E-state index contributed by atoms with van der Waals surface area (Å²) in [6.45, 7) is 3.83. The SMILES string of the molecule is CN=Cc1c(C)cncc1C#Cc1cccc(NC(=O)c2ccc(Cl)cc2C)c1. The molecule has 3 aromatic rings. The van der Waals surface area contributed by atoms with Crippen molar-refractivity contribution in [1.82, 2.24) is 4.98 Å². The summed E-state index contributed by atoms with van der Waals surface area (Å²) in [6, 6.07) is 12.6. The predicted octanol–water partition coefficient (Wildman–Crippen LogP) is 5.05. The largest absolute Gasteiger partial charge is 0.322 e. The lowest BCUT2D eigenvalue weighted by Crippen LogP contribution is -2.13. The Morgan fingerprint density at radius 2 is 1.93 bits per heavy atom. The fraction of sp³-hybridized carbons (Fsp3) is 0.125. The van der Waals surface area contributed by atoms with Crippen LogP contribution in [0.1, 0.15) is 38.2 Å². The van der Waals surface area contributed by atoms with E-state index in [0.717, 1.165) is 27.8 Å². The third-order valence-corrected chi connectivity index (χ3v) is 4.58. The van der Waals surface area contributed by atoms with Crippen LogP contribution < -0.4 is 5.32 Å². The van der Waals surface area contributed by atoms with Gasteiger partial charge < -0.3 is 5.32 Å². The van der Waals surface area contributed by atoms with Crippen molar-refractivity contribution in [3.8, 4) is 11.8 Å². The number of anilines is 1. The highest BCUT2D eigenvalue weighted by Crippen LogP contribution is 2.18. The predicted molar refractivity (Wildman–Crippen MR) is 119 cm³/mol. The Kier molecular flexibility index (Phi) is 6.43. The number of carbonyl (C=O) groups excluding carboxylic acids is 1. The van der Waals surface area contributed by atoms with Gasteiger partial charge >= 0.3 is 0 Å². The molecule has 4 nitrogen and oxygen atoms in total. The van der Waals surface area contributed by atoms with Gasteiger partial charge in [-0.1, -0.05) is 29.5 Å². The van der Waals surface area contributed by atoms with Gasteiger partial charge in [0.15, 0.2) is 0 Å². The van der Waals surface area contributed by atoms with E-state index >= 15 is 0 Å². The lowest BCUT2D eigenvalue weighted by atomic mass is 10.1. The van der Waals surface area contributed by atoms with E-state index < -0.39 is 0 Å². The van der Waals surface area contributed by atoms with E-state index in [4.69, 9.17) is 11.6 Å². The van der Waals surface area contributed by atoms with Gasteiger partial charge in [-0.2, -0.15) is 0 Å². The van der Waals surface area contributed by atoms with Crippen LogP contribution in [0.4, 0.5) is 5.69 Å². The zero-order chi connectivity index (χ0) is 20.8. The summed E-state index contributed by atoms with van der Waals surface area (Å²) in [6.07, 6.45) is 5.30. The molecule has 1 N–H and O–H groups in total. The average Bonchev–Trinajstić information content (AvgIpc) is 2.68. The quantitative estimate of drug-likeness (QED) is 0.493. The molecule has 144 valence electrons. The van der Waals surface area contributed by atoms with Gasteiger partial charge in [0.1, 0.15) is 0 Å². The van der Waals surface area contributed by atoms with Crippen LogP contribution >= 0.6 is 11.6 Å². The van der Waals surface area contributed by atoms with Crippen LogP contribution in [0.5, 0.6) is 0 Å². The second-order valence-electron chi connectivity index (χ2n) is 6.55. The number of aromatic nitrogens is 1. The monoisotopic (exact) mass is 401 g/mol. The second-order valence-corrected chi connectivity index (χ2v) is 6.99. The van der Waals surface area contributed by atoms with Gasteiger partial charge in [0, 0.05) is 53.1 Å². The van der Waals surface area contributed by atoms with Gasteiger partial charge in [0.05, 0.1) is 5.56 Å². The van der Waals surface area contributed by atoms with Crippen molar-refractivity contribution in [2.24, 2.45) is 4.99 Å². The van der Waals surface area contributed by atoms with Gasteiger partial charge in [-0.15, -0.1) is 0 Å². The molecule has 0 saturated heterocycles. The normalized spacial score (nSPS) is 10.5. The van der Waals surface area contributed by atoms with E-state index in [1.165, 1.54) is 0 Å². The maximum absolute atomic E-state index is 12.6. The van der Waals surface area contributed by atoms with Gasteiger partial charge in [0.25, 0.3) is 5.91 Å². The van der Waals surface area contributed by atoms with Crippen molar-refractivity contribution in [3.63, 3.8) is 0 Å². The molecule has 0 aliphatic heterocycles. The molecule has 0 atom stereocenters. The Balaban J connectivity index is 1.84. The molecule has 29 heavy (non-hydrogen) atoms. The Labute approximate surface area is 175 Å². The summed E-state index contributed by atoms with van der Waals surface area (Å²) >= 11 is 5.97.